The van der Waals surface area contributed by atoms with Gasteiger partial charge in [0.25, 0.3) is 5.56 Å². The highest BCUT2D eigenvalue weighted by Crippen LogP contribution is 2.24. The van der Waals surface area contributed by atoms with Crippen LogP contribution in [0, 0.1) is 6.92 Å². The number of aromatic amines is 1. The number of anilines is 2. The average Bonchev–Trinajstić information content (AvgIpc) is 3.03. The van der Waals surface area contributed by atoms with Crippen LogP contribution in [-0.4, -0.2) is 43.9 Å². The van der Waals surface area contributed by atoms with Crippen LogP contribution in [0.3, 0.4) is 0 Å². The molecular formula is C18H23N7O. The van der Waals surface area contributed by atoms with Gasteiger partial charge >= 0.3 is 0 Å². The predicted octanol–water partition coefficient (Wildman–Crippen LogP) is 1.83. The quantitative estimate of drug-likeness (QED) is 0.743. The molecule has 8 heteroatoms. The highest BCUT2D eigenvalue weighted by atomic mass is 16.1. The molecule has 3 aromatic rings. The van der Waals surface area contributed by atoms with Crippen molar-refractivity contribution in [1.29, 1.82) is 0 Å². The maximum atomic E-state index is 11.6. The molecule has 0 aromatic carbocycles. The van der Waals surface area contributed by atoms with Crippen molar-refractivity contribution in [3.05, 3.63) is 40.6 Å². The number of hydrogen-bond donors (Lipinski definition) is 2. The minimum atomic E-state index is -0.0917. The molecular weight excluding hydrogens is 330 g/mol. The van der Waals surface area contributed by atoms with Gasteiger partial charge in [0.15, 0.2) is 5.82 Å². The van der Waals surface area contributed by atoms with Gasteiger partial charge in [-0.3, -0.25) is 4.79 Å². The Balaban J connectivity index is 1.55. The van der Waals surface area contributed by atoms with Crippen LogP contribution < -0.4 is 15.8 Å². The second-order valence-electron chi connectivity index (χ2n) is 6.81. The third kappa shape index (κ3) is 3.14. The summed E-state index contributed by atoms with van der Waals surface area (Å²) in [5.74, 6) is 1.67. The number of rotatable bonds is 4. The first kappa shape index (κ1) is 16.6. The molecule has 1 fully saturated rings. The number of nitrogens with one attached hydrogen (secondary N) is 2. The summed E-state index contributed by atoms with van der Waals surface area (Å²) in [6.07, 6.45) is 4.99. The van der Waals surface area contributed by atoms with E-state index in [4.69, 9.17) is 0 Å². The molecule has 0 bridgehead atoms. The molecule has 3 aromatic heterocycles. The Morgan fingerprint density at radius 2 is 2.19 bits per heavy atom. The van der Waals surface area contributed by atoms with Gasteiger partial charge in [0, 0.05) is 37.9 Å². The second-order valence-corrected chi connectivity index (χ2v) is 6.81. The zero-order chi connectivity index (χ0) is 18.1. The Hall–Kier alpha value is -2.90. The molecule has 136 valence electrons. The van der Waals surface area contributed by atoms with Gasteiger partial charge in [0.1, 0.15) is 17.7 Å². The summed E-state index contributed by atoms with van der Waals surface area (Å²) in [6.45, 7) is 3.72. The van der Waals surface area contributed by atoms with Crippen LogP contribution in [0.2, 0.25) is 0 Å². The molecule has 8 nitrogen and oxygen atoms in total. The SMILES string of the molecule is Cc1cc2ncnc(NCC3CCCCN3c3ccc(=O)n(C)n3)c2[nH]1. The van der Waals surface area contributed by atoms with E-state index in [1.807, 2.05) is 19.1 Å². The van der Waals surface area contributed by atoms with Crippen molar-refractivity contribution in [2.75, 3.05) is 23.3 Å². The van der Waals surface area contributed by atoms with Crippen LogP contribution in [0.15, 0.2) is 29.3 Å². The Kier molecular flexibility index (Phi) is 4.32. The number of aryl methyl sites for hydroxylation is 2. The number of piperidine rings is 1. The van der Waals surface area contributed by atoms with Crippen LogP contribution in [-0.2, 0) is 7.05 Å². The van der Waals surface area contributed by atoms with Crippen LogP contribution in [0.4, 0.5) is 11.6 Å². The fourth-order valence-electron chi connectivity index (χ4n) is 3.58. The van der Waals surface area contributed by atoms with Gasteiger partial charge in [-0.05, 0) is 38.3 Å². The summed E-state index contributed by atoms with van der Waals surface area (Å²) in [5.41, 5.74) is 2.83. The van der Waals surface area contributed by atoms with E-state index in [1.54, 1.807) is 19.4 Å². The van der Waals surface area contributed by atoms with E-state index in [2.05, 4.69) is 30.3 Å². The lowest BCUT2D eigenvalue weighted by atomic mass is 10.0. The topological polar surface area (TPSA) is 91.7 Å². The molecule has 1 aliphatic heterocycles. The molecule has 1 saturated heterocycles. The molecule has 0 radical (unpaired) electrons. The van der Waals surface area contributed by atoms with E-state index in [0.717, 1.165) is 54.3 Å². The van der Waals surface area contributed by atoms with Crippen LogP contribution in [0.5, 0.6) is 0 Å². The number of hydrogen-bond acceptors (Lipinski definition) is 6. The molecule has 0 aliphatic carbocycles. The number of aromatic nitrogens is 5. The Morgan fingerprint density at radius 1 is 1.31 bits per heavy atom. The van der Waals surface area contributed by atoms with Gasteiger partial charge in [0.2, 0.25) is 0 Å². The molecule has 4 rings (SSSR count). The molecule has 0 amide bonds. The Labute approximate surface area is 151 Å². The summed E-state index contributed by atoms with van der Waals surface area (Å²) >= 11 is 0. The third-order valence-corrected chi connectivity index (χ3v) is 4.92. The molecule has 1 aliphatic rings. The van der Waals surface area contributed by atoms with Crippen molar-refractivity contribution < 1.29 is 0 Å². The first-order chi connectivity index (χ1) is 12.6. The summed E-state index contributed by atoms with van der Waals surface area (Å²) in [5, 5.41) is 7.90. The third-order valence-electron chi connectivity index (χ3n) is 4.92. The summed E-state index contributed by atoms with van der Waals surface area (Å²) in [6, 6.07) is 5.72. The van der Waals surface area contributed by atoms with E-state index in [0.29, 0.717) is 6.04 Å². The summed E-state index contributed by atoms with van der Waals surface area (Å²) in [4.78, 5) is 25.9. The van der Waals surface area contributed by atoms with Crippen LogP contribution in [0.25, 0.3) is 11.0 Å². The Bertz CT molecular complexity index is 977. The lowest BCUT2D eigenvalue weighted by Crippen LogP contribution is -2.45. The second kappa shape index (κ2) is 6.78. The molecule has 0 saturated carbocycles. The number of nitrogens with zero attached hydrogens (tertiary/aromatic N) is 5. The van der Waals surface area contributed by atoms with Crippen molar-refractivity contribution in [2.24, 2.45) is 7.05 Å². The van der Waals surface area contributed by atoms with Gasteiger partial charge < -0.3 is 15.2 Å². The van der Waals surface area contributed by atoms with Crippen molar-refractivity contribution in [1.82, 2.24) is 24.7 Å². The van der Waals surface area contributed by atoms with Crippen LogP contribution in [0.1, 0.15) is 25.0 Å². The molecule has 1 unspecified atom stereocenters. The number of H-pyrrole nitrogens is 1. The Morgan fingerprint density at radius 3 is 3.04 bits per heavy atom. The number of fused-ring (bicyclic) bond motifs is 1. The predicted molar refractivity (Wildman–Crippen MR) is 102 cm³/mol. The summed E-state index contributed by atoms with van der Waals surface area (Å²) in [7, 11) is 1.69. The molecule has 2 N–H and O–H groups in total. The maximum Gasteiger partial charge on any atom is 0.266 e. The highest BCUT2D eigenvalue weighted by Gasteiger charge is 2.24. The van der Waals surface area contributed by atoms with E-state index in [9.17, 15) is 4.79 Å². The fraction of sp³-hybridized carbons (Fsp3) is 0.444. The van der Waals surface area contributed by atoms with Gasteiger partial charge in [-0.15, -0.1) is 0 Å². The fourth-order valence-corrected chi connectivity index (χ4v) is 3.58. The standard InChI is InChI=1S/C18H23N7O/c1-12-9-14-17(22-12)18(21-11-20-14)19-10-13-5-3-4-8-25(13)15-6-7-16(26)24(2)23-15/h6-7,9,11,13,22H,3-5,8,10H2,1-2H3,(H,19,20,21). The van der Waals surface area contributed by atoms with Gasteiger partial charge in [-0.1, -0.05) is 0 Å². The van der Waals surface area contributed by atoms with Crippen molar-refractivity contribution in [3.8, 4) is 0 Å². The minimum Gasteiger partial charge on any atom is -0.366 e. The van der Waals surface area contributed by atoms with Gasteiger partial charge in [-0.25, -0.2) is 14.6 Å². The molecule has 0 spiro atoms. The smallest absolute Gasteiger partial charge is 0.266 e. The molecule has 26 heavy (non-hydrogen) atoms. The monoisotopic (exact) mass is 353 g/mol. The van der Waals surface area contributed by atoms with Crippen LogP contribution >= 0.6 is 0 Å². The van der Waals surface area contributed by atoms with Crippen molar-refractivity contribution >= 4 is 22.7 Å². The normalized spacial score (nSPS) is 17.6. The zero-order valence-electron chi connectivity index (χ0n) is 15.1. The lowest BCUT2D eigenvalue weighted by molar-refractivity contribution is 0.464. The molecule has 4 heterocycles. The zero-order valence-corrected chi connectivity index (χ0v) is 15.1. The van der Waals surface area contributed by atoms with E-state index >= 15 is 0 Å². The molecule has 1 atom stereocenters. The average molecular weight is 353 g/mol. The van der Waals surface area contributed by atoms with Gasteiger partial charge in [0.05, 0.1) is 5.52 Å². The van der Waals surface area contributed by atoms with Gasteiger partial charge in [-0.2, -0.15) is 5.10 Å². The van der Waals surface area contributed by atoms with Crippen molar-refractivity contribution in [2.45, 2.75) is 32.2 Å². The van der Waals surface area contributed by atoms with Crippen molar-refractivity contribution in [3.63, 3.8) is 0 Å². The van der Waals surface area contributed by atoms with E-state index < -0.39 is 0 Å². The largest absolute Gasteiger partial charge is 0.366 e. The lowest BCUT2D eigenvalue weighted by Gasteiger charge is -2.36. The van der Waals surface area contributed by atoms with E-state index in [1.165, 1.54) is 11.1 Å². The van der Waals surface area contributed by atoms with E-state index in [-0.39, 0.29) is 5.56 Å². The maximum absolute atomic E-state index is 11.6. The first-order valence-corrected chi connectivity index (χ1v) is 8.97. The minimum absolute atomic E-state index is 0.0917. The summed E-state index contributed by atoms with van der Waals surface area (Å²) < 4.78 is 1.39. The highest BCUT2D eigenvalue weighted by molar-refractivity contribution is 5.86. The first-order valence-electron chi connectivity index (χ1n) is 8.97.